The molecule has 3 nitrogen and oxygen atoms in total. The normalized spacial score (nSPS) is 20.5. The Bertz CT molecular complexity index is 394. The third-order valence-electron chi connectivity index (χ3n) is 2.89. The van der Waals surface area contributed by atoms with Gasteiger partial charge in [-0.1, -0.05) is 23.7 Å². The van der Waals surface area contributed by atoms with Gasteiger partial charge >= 0.3 is 0 Å². The molecule has 0 aliphatic carbocycles. The topological polar surface area (TPSA) is 46.3 Å². The summed E-state index contributed by atoms with van der Waals surface area (Å²) in [6.45, 7) is 1.98. The van der Waals surface area contributed by atoms with Crippen LogP contribution in [0.1, 0.15) is 12.0 Å². The zero-order valence-corrected chi connectivity index (χ0v) is 9.78. The zero-order valence-electron chi connectivity index (χ0n) is 9.03. The van der Waals surface area contributed by atoms with Crippen LogP contribution < -0.4 is 5.73 Å². The van der Waals surface area contributed by atoms with Crippen LogP contribution in [0.25, 0.3) is 0 Å². The Balaban J connectivity index is 2.03. The molecule has 1 aliphatic rings. The summed E-state index contributed by atoms with van der Waals surface area (Å²) in [7, 11) is 0. The smallest absolute Gasteiger partial charge is 0.223 e. The molecule has 0 aromatic heterocycles. The summed E-state index contributed by atoms with van der Waals surface area (Å²) in [5.74, 6) is 0.502. The minimum absolute atomic E-state index is 0.190. The molecule has 1 saturated heterocycles. The molecule has 1 fully saturated rings. The first-order chi connectivity index (χ1) is 7.69. The van der Waals surface area contributed by atoms with Gasteiger partial charge in [-0.2, -0.15) is 0 Å². The highest BCUT2D eigenvalue weighted by Gasteiger charge is 2.28. The second-order valence-electron chi connectivity index (χ2n) is 4.21. The standard InChI is InChI=1S/C12H15ClN2O/c13-11-3-1-2-9(4-11)7-15-8-10(6-14)5-12(15)16/h1-4,10H,5-8,14H2. The van der Waals surface area contributed by atoms with E-state index >= 15 is 0 Å². The fraction of sp³-hybridized carbons (Fsp3) is 0.417. The van der Waals surface area contributed by atoms with Crippen molar-refractivity contribution in [3.63, 3.8) is 0 Å². The van der Waals surface area contributed by atoms with E-state index in [4.69, 9.17) is 17.3 Å². The van der Waals surface area contributed by atoms with Crippen LogP contribution in [-0.2, 0) is 11.3 Å². The third kappa shape index (κ3) is 2.54. The van der Waals surface area contributed by atoms with Crippen molar-refractivity contribution in [1.29, 1.82) is 0 Å². The van der Waals surface area contributed by atoms with E-state index in [1.807, 2.05) is 29.2 Å². The number of nitrogens with two attached hydrogens (primary N) is 1. The van der Waals surface area contributed by atoms with Crippen molar-refractivity contribution in [2.45, 2.75) is 13.0 Å². The molecule has 4 heteroatoms. The number of likely N-dealkylation sites (tertiary alicyclic amines) is 1. The fourth-order valence-electron chi connectivity index (χ4n) is 2.02. The number of amides is 1. The lowest BCUT2D eigenvalue weighted by Crippen LogP contribution is -2.25. The number of nitrogens with zero attached hydrogens (tertiary/aromatic N) is 1. The molecule has 1 aromatic rings. The van der Waals surface area contributed by atoms with E-state index in [0.29, 0.717) is 30.5 Å². The van der Waals surface area contributed by atoms with Gasteiger partial charge in [0.25, 0.3) is 0 Å². The molecule has 1 atom stereocenters. The minimum atomic E-state index is 0.190. The summed E-state index contributed by atoms with van der Waals surface area (Å²) in [5.41, 5.74) is 6.64. The first kappa shape index (κ1) is 11.4. The second kappa shape index (κ2) is 4.85. The van der Waals surface area contributed by atoms with Gasteiger partial charge < -0.3 is 10.6 Å². The SMILES string of the molecule is NCC1CC(=O)N(Cc2cccc(Cl)c2)C1. The van der Waals surface area contributed by atoms with Crippen molar-refractivity contribution < 1.29 is 4.79 Å². The van der Waals surface area contributed by atoms with E-state index in [1.165, 1.54) is 0 Å². The van der Waals surface area contributed by atoms with E-state index in [0.717, 1.165) is 12.1 Å². The van der Waals surface area contributed by atoms with Gasteiger partial charge in [0.05, 0.1) is 0 Å². The maximum Gasteiger partial charge on any atom is 0.223 e. The molecule has 1 amide bonds. The van der Waals surface area contributed by atoms with Crippen LogP contribution in [0.3, 0.4) is 0 Å². The van der Waals surface area contributed by atoms with Gasteiger partial charge in [0, 0.05) is 24.5 Å². The molecule has 1 aliphatic heterocycles. The van der Waals surface area contributed by atoms with Crippen LogP contribution in [0.2, 0.25) is 5.02 Å². The molecule has 1 aromatic carbocycles. The number of hydrogen-bond donors (Lipinski definition) is 1. The van der Waals surface area contributed by atoms with Crippen molar-refractivity contribution in [3.05, 3.63) is 34.9 Å². The lowest BCUT2D eigenvalue weighted by atomic mass is 10.1. The number of carbonyl (C=O) groups excluding carboxylic acids is 1. The van der Waals surface area contributed by atoms with Gasteiger partial charge in [0.15, 0.2) is 0 Å². The van der Waals surface area contributed by atoms with Crippen molar-refractivity contribution in [3.8, 4) is 0 Å². The highest BCUT2D eigenvalue weighted by atomic mass is 35.5. The van der Waals surface area contributed by atoms with E-state index < -0.39 is 0 Å². The summed E-state index contributed by atoms with van der Waals surface area (Å²) in [6.07, 6.45) is 0.580. The highest BCUT2D eigenvalue weighted by Crippen LogP contribution is 2.20. The predicted molar refractivity (Wildman–Crippen MR) is 64.0 cm³/mol. The van der Waals surface area contributed by atoms with Gasteiger partial charge in [-0.3, -0.25) is 4.79 Å². The lowest BCUT2D eigenvalue weighted by molar-refractivity contribution is -0.128. The molecular formula is C12H15ClN2O. The van der Waals surface area contributed by atoms with Crippen LogP contribution in [0.15, 0.2) is 24.3 Å². The van der Waals surface area contributed by atoms with E-state index in [1.54, 1.807) is 0 Å². The monoisotopic (exact) mass is 238 g/mol. The van der Waals surface area contributed by atoms with E-state index in [9.17, 15) is 4.79 Å². The molecule has 16 heavy (non-hydrogen) atoms. The molecule has 0 bridgehead atoms. The Kier molecular flexibility index (Phi) is 3.46. The number of benzene rings is 1. The Labute approximate surface area is 100 Å². The van der Waals surface area contributed by atoms with Crippen molar-refractivity contribution >= 4 is 17.5 Å². The summed E-state index contributed by atoms with van der Waals surface area (Å²) >= 11 is 5.90. The van der Waals surface area contributed by atoms with E-state index in [2.05, 4.69) is 0 Å². The molecule has 86 valence electrons. The molecule has 0 spiro atoms. The Morgan fingerprint density at radius 1 is 1.50 bits per heavy atom. The fourth-order valence-corrected chi connectivity index (χ4v) is 2.23. The van der Waals surface area contributed by atoms with Gasteiger partial charge in [0.2, 0.25) is 5.91 Å². The highest BCUT2D eigenvalue weighted by molar-refractivity contribution is 6.30. The third-order valence-corrected chi connectivity index (χ3v) is 3.13. The Morgan fingerprint density at radius 2 is 2.31 bits per heavy atom. The molecule has 0 saturated carbocycles. The summed E-state index contributed by atoms with van der Waals surface area (Å²) in [4.78, 5) is 13.5. The average Bonchev–Trinajstić information content (AvgIpc) is 2.60. The Morgan fingerprint density at radius 3 is 2.94 bits per heavy atom. The summed E-state index contributed by atoms with van der Waals surface area (Å²) < 4.78 is 0. The first-order valence-electron chi connectivity index (χ1n) is 5.41. The van der Waals surface area contributed by atoms with Gasteiger partial charge in [-0.25, -0.2) is 0 Å². The van der Waals surface area contributed by atoms with Gasteiger partial charge in [0.1, 0.15) is 0 Å². The molecule has 1 unspecified atom stereocenters. The summed E-state index contributed by atoms with van der Waals surface area (Å²) in [5, 5.41) is 0.708. The van der Waals surface area contributed by atoms with Gasteiger partial charge in [-0.15, -0.1) is 0 Å². The molecule has 2 N–H and O–H groups in total. The van der Waals surface area contributed by atoms with Crippen LogP contribution in [0.4, 0.5) is 0 Å². The Hall–Kier alpha value is -1.06. The van der Waals surface area contributed by atoms with Crippen molar-refractivity contribution in [2.75, 3.05) is 13.1 Å². The minimum Gasteiger partial charge on any atom is -0.338 e. The molecule has 1 heterocycles. The van der Waals surface area contributed by atoms with E-state index in [-0.39, 0.29) is 5.91 Å². The van der Waals surface area contributed by atoms with Crippen molar-refractivity contribution in [2.24, 2.45) is 11.7 Å². The number of hydrogen-bond acceptors (Lipinski definition) is 2. The summed E-state index contributed by atoms with van der Waals surface area (Å²) in [6, 6.07) is 7.61. The predicted octanol–water partition coefficient (Wildman–Crippen LogP) is 1.65. The average molecular weight is 239 g/mol. The van der Waals surface area contributed by atoms with Crippen LogP contribution in [0, 0.1) is 5.92 Å². The molecule has 2 rings (SSSR count). The van der Waals surface area contributed by atoms with Crippen LogP contribution in [0.5, 0.6) is 0 Å². The number of carbonyl (C=O) groups is 1. The van der Waals surface area contributed by atoms with Crippen LogP contribution in [-0.4, -0.2) is 23.9 Å². The number of rotatable bonds is 3. The van der Waals surface area contributed by atoms with Gasteiger partial charge in [-0.05, 0) is 30.2 Å². The maximum atomic E-state index is 11.7. The molecule has 0 radical (unpaired) electrons. The lowest BCUT2D eigenvalue weighted by Gasteiger charge is -2.16. The largest absolute Gasteiger partial charge is 0.338 e. The van der Waals surface area contributed by atoms with Crippen LogP contribution >= 0.6 is 11.6 Å². The first-order valence-corrected chi connectivity index (χ1v) is 5.79. The molecular weight excluding hydrogens is 224 g/mol. The van der Waals surface area contributed by atoms with Crippen molar-refractivity contribution in [1.82, 2.24) is 4.90 Å². The number of halogens is 1. The maximum absolute atomic E-state index is 11.7. The zero-order chi connectivity index (χ0) is 11.5. The quantitative estimate of drug-likeness (QED) is 0.871. The second-order valence-corrected chi connectivity index (χ2v) is 4.65.